The minimum absolute atomic E-state index is 0.143. The van der Waals surface area contributed by atoms with Gasteiger partial charge < -0.3 is 19.9 Å². The van der Waals surface area contributed by atoms with E-state index >= 15 is 0 Å². The molecule has 1 rings (SSSR count). The van der Waals surface area contributed by atoms with Crippen molar-refractivity contribution in [2.75, 3.05) is 20.3 Å². The van der Waals surface area contributed by atoms with Crippen LogP contribution < -0.4 is 10.1 Å². The largest absolute Gasteiger partial charge is 0.434 e. The van der Waals surface area contributed by atoms with Crippen LogP contribution in [0.4, 0.5) is 8.78 Å². The Balaban J connectivity index is 2.65. The predicted molar refractivity (Wildman–Crippen MR) is 76.6 cm³/mol. The van der Waals surface area contributed by atoms with E-state index in [0.717, 1.165) is 0 Å². The van der Waals surface area contributed by atoms with Gasteiger partial charge in [0.15, 0.2) is 0 Å². The second-order valence-corrected chi connectivity index (χ2v) is 5.26. The molecule has 2 atom stereocenters. The number of alkyl halides is 2. The molecule has 0 amide bonds. The Morgan fingerprint density at radius 1 is 1.33 bits per heavy atom. The fourth-order valence-electron chi connectivity index (χ4n) is 1.93. The molecule has 1 aromatic carbocycles. The summed E-state index contributed by atoms with van der Waals surface area (Å²) in [6, 6.07) is 6.40. The molecule has 0 spiro atoms. The fraction of sp³-hybridized carbons (Fsp3) is 0.600. The van der Waals surface area contributed by atoms with Crippen molar-refractivity contribution < 1.29 is 23.4 Å². The second-order valence-electron chi connectivity index (χ2n) is 5.26. The van der Waals surface area contributed by atoms with Gasteiger partial charge in [-0.1, -0.05) is 18.2 Å². The zero-order valence-corrected chi connectivity index (χ0v) is 12.6. The molecular formula is C15H23F2NO3. The Bertz CT molecular complexity index is 427. The van der Waals surface area contributed by atoms with Crippen LogP contribution in [0.5, 0.6) is 5.75 Å². The van der Waals surface area contributed by atoms with Gasteiger partial charge in [-0.05, 0) is 19.9 Å². The minimum atomic E-state index is -2.86. The van der Waals surface area contributed by atoms with Crippen molar-refractivity contribution in [2.24, 2.45) is 0 Å². The van der Waals surface area contributed by atoms with Gasteiger partial charge in [-0.15, -0.1) is 0 Å². The number of ether oxygens (including phenoxy) is 2. The van der Waals surface area contributed by atoms with E-state index in [1.165, 1.54) is 6.07 Å². The van der Waals surface area contributed by atoms with E-state index in [-0.39, 0.29) is 11.8 Å². The van der Waals surface area contributed by atoms with Crippen LogP contribution in [0.2, 0.25) is 0 Å². The molecule has 0 saturated heterocycles. The lowest BCUT2D eigenvalue weighted by atomic mass is 10.0. The SMILES string of the molecule is COCCC(C)(O)CNC(C)c1ccccc1OC(F)F. The number of hydrogen-bond acceptors (Lipinski definition) is 4. The van der Waals surface area contributed by atoms with Crippen LogP contribution in [0.1, 0.15) is 31.9 Å². The Morgan fingerprint density at radius 2 is 2.00 bits per heavy atom. The van der Waals surface area contributed by atoms with Gasteiger partial charge in [-0.25, -0.2) is 0 Å². The molecule has 0 aliphatic rings. The van der Waals surface area contributed by atoms with Gasteiger partial charge in [-0.3, -0.25) is 0 Å². The topological polar surface area (TPSA) is 50.7 Å². The zero-order valence-electron chi connectivity index (χ0n) is 12.6. The highest BCUT2D eigenvalue weighted by Crippen LogP contribution is 2.26. The summed E-state index contributed by atoms with van der Waals surface area (Å²) in [5.41, 5.74) is -0.302. The molecule has 21 heavy (non-hydrogen) atoms. The van der Waals surface area contributed by atoms with E-state index in [0.29, 0.717) is 25.1 Å². The molecule has 2 unspecified atom stereocenters. The van der Waals surface area contributed by atoms with Crippen molar-refractivity contribution in [3.05, 3.63) is 29.8 Å². The second kappa shape index (κ2) is 8.26. The molecule has 120 valence electrons. The van der Waals surface area contributed by atoms with Crippen LogP contribution in [0, 0.1) is 0 Å². The van der Waals surface area contributed by atoms with Crippen LogP contribution >= 0.6 is 0 Å². The van der Waals surface area contributed by atoms with E-state index in [4.69, 9.17) is 4.74 Å². The maximum absolute atomic E-state index is 12.4. The summed E-state index contributed by atoms with van der Waals surface area (Å²) in [6.45, 7) is 1.45. The summed E-state index contributed by atoms with van der Waals surface area (Å²) in [5.74, 6) is 0.143. The number of hydrogen-bond donors (Lipinski definition) is 2. The Hall–Kier alpha value is -1.24. The summed E-state index contributed by atoms with van der Waals surface area (Å²) in [4.78, 5) is 0. The maximum atomic E-state index is 12.4. The quantitative estimate of drug-likeness (QED) is 0.736. The number of para-hydroxylation sites is 1. The lowest BCUT2D eigenvalue weighted by molar-refractivity contribution is -0.0508. The molecule has 2 N–H and O–H groups in total. The summed E-state index contributed by atoms with van der Waals surface area (Å²) < 4.78 is 34.2. The van der Waals surface area contributed by atoms with Gasteiger partial charge in [0.2, 0.25) is 0 Å². The summed E-state index contributed by atoms with van der Waals surface area (Å²) in [5, 5.41) is 13.3. The lowest BCUT2D eigenvalue weighted by Gasteiger charge is -2.26. The molecule has 6 heteroatoms. The Labute approximate surface area is 124 Å². The molecule has 0 aliphatic carbocycles. The molecule has 0 heterocycles. The first-order chi connectivity index (χ1) is 9.85. The molecule has 4 nitrogen and oxygen atoms in total. The number of aliphatic hydroxyl groups is 1. The molecular weight excluding hydrogens is 280 g/mol. The lowest BCUT2D eigenvalue weighted by Crippen LogP contribution is -2.39. The number of methoxy groups -OCH3 is 1. The van der Waals surface area contributed by atoms with Crippen molar-refractivity contribution in [1.82, 2.24) is 5.32 Å². The first-order valence-corrected chi connectivity index (χ1v) is 6.84. The molecule has 0 saturated carbocycles. The third kappa shape index (κ3) is 6.37. The number of halogens is 2. The first-order valence-electron chi connectivity index (χ1n) is 6.84. The normalized spacial score (nSPS) is 15.8. The van der Waals surface area contributed by atoms with Crippen molar-refractivity contribution in [3.8, 4) is 5.75 Å². The van der Waals surface area contributed by atoms with Crippen molar-refractivity contribution in [2.45, 2.75) is 38.5 Å². The molecule has 0 aromatic heterocycles. The predicted octanol–water partition coefficient (Wildman–Crippen LogP) is 2.73. The summed E-state index contributed by atoms with van der Waals surface area (Å²) in [7, 11) is 1.57. The monoisotopic (exact) mass is 303 g/mol. The standard InChI is InChI=1S/C15H23F2NO3/c1-11(18-10-15(2,19)8-9-20-3)12-6-4-5-7-13(12)21-14(16)17/h4-7,11,14,18-19H,8-10H2,1-3H3. The number of rotatable bonds is 9. The van der Waals surface area contributed by atoms with E-state index < -0.39 is 12.2 Å². The smallest absolute Gasteiger partial charge is 0.387 e. The van der Waals surface area contributed by atoms with Crippen LogP contribution in [-0.4, -0.2) is 37.6 Å². The highest BCUT2D eigenvalue weighted by molar-refractivity contribution is 5.35. The van der Waals surface area contributed by atoms with Crippen LogP contribution in [-0.2, 0) is 4.74 Å². The Kier molecular flexibility index (Phi) is 7.01. The Morgan fingerprint density at radius 3 is 2.62 bits per heavy atom. The molecule has 0 radical (unpaired) electrons. The zero-order chi connectivity index (χ0) is 15.9. The van der Waals surface area contributed by atoms with Crippen LogP contribution in [0.3, 0.4) is 0 Å². The average Bonchev–Trinajstić information content (AvgIpc) is 2.43. The van der Waals surface area contributed by atoms with Crippen molar-refractivity contribution in [3.63, 3.8) is 0 Å². The summed E-state index contributed by atoms with van der Waals surface area (Å²) >= 11 is 0. The highest BCUT2D eigenvalue weighted by Gasteiger charge is 2.22. The van der Waals surface area contributed by atoms with Gasteiger partial charge in [0.25, 0.3) is 0 Å². The van der Waals surface area contributed by atoms with Crippen molar-refractivity contribution >= 4 is 0 Å². The summed E-state index contributed by atoms with van der Waals surface area (Å²) in [6.07, 6.45) is 0.485. The van der Waals surface area contributed by atoms with Gasteiger partial charge in [-0.2, -0.15) is 8.78 Å². The van der Waals surface area contributed by atoms with Crippen LogP contribution in [0.25, 0.3) is 0 Å². The minimum Gasteiger partial charge on any atom is -0.434 e. The third-order valence-corrected chi connectivity index (χ3v) is 3.24. The van der Waals surface area contributed by atoms with Gasteiger partial charge in [0.05, 0.1) is 5.60 Å². The van der Waals surface area contributed by atoms with Gasteiger partial charge >= 0.3 is 6.61 Å². The van der Waals surface area contributed by atoms with Crippen LogP contribution in [0.15, 0.2) is 24.3 Å². The number of nitrogens with one attached hydrogen (secondary N) is 1. The molecule has 1 aromatic rings. The molecule has 0 bridgehead atoms. The number of benzene rings is 1. The van der Waals surface area contributed by atoms with E-state index in [1.54, 1.807) is 32.2 Å². The third-order valence-electron chi connectivity index (χ3n) is 3.24. The first kappa shape index (κ1) is 17.8. The van der Waals surface area contributed by atoms with E-state index in [2.05, 4.69) is 10.1 Å². The highest BCUT2D eigenvalue weighted by atomic mass is 19.3. The van der Waals surface area contributed by atoms with E-state index in [1.807, 2.05) is 6.92 Å². The molecule has 0 aliphatic heterocycles. The fourth-order valence-corrected chi connectivity index (χ4v) is 1.93. The molecule has 0 fully saturated rings. The van der Waals surface area contributed by atoms with E-state index in [9.17, 15) is 13.9 Å². The van der Waals surface area contributed by atoms with Gasteiger partial charge in [0.1, 0.15) is 5.75 Å². The average molecular weight is 303 g/mol. The maximum Gasteiger partial charge on any atom is 0.387 e. The van der Waals surface area contributed by atoms with Gasteiger partial charge in [0, 0.05) is 38.3 Å². The van der Waals surface area contributed by atoms with Crippen molar-refractivity contribution in [1.29, 1.82) is 0 Å².